The minimum Gasteiger partial charge on any atom is -0.550 e. The van der Waals surface area contributed by atoms with Crippen LogP contribution in [0.5, 0.6) is 0 Å². The van der Waals surface area contributed by atoms with Gasteiger partial charge in [0.05, 0.1) is 0 Å². The molecule has 0 fully saturated rings. The first-order chi connectivity index (χ1) is 1.73. The van der Waals surface area contributed by atoms with E-state index in [9.17, 15) is 0 Å². The smallest absolute Gasteiger partial charge is 0.550 e. The molecule has 42 valence electrons. The summed E-state index contributed by atoms with van der Waals surface area (Å²) >= 11 is 0. The monoisotopic (exact) mass is 140 g/mol. The van der Waals surface area contributed by atoms with E-state index in [-0.39, 0.29) is 22.5 Å². The van der Waals surface area contributed by atoms with Crippen LogP contribution in [0.15, 0.2) is 0 Å². The summed E-state index contributed by atoms with van der Waals surface area (Å²) in [4.78, 5) is 8.89. The zero-order valence-corrected chi connectivity index (χ0v) is 4.06. The Kier molecular flexibility index (Phi) is 24.8. The Morgan fingerprint density at radius 1 is 1.67 bits per heavy atom. The number of hydrogen-bond acceptors (Lipinski definition) is 2. The van der Waals surface area contributed by atoms with Crippen molar-refractivity contribution in [2.45, 2.75) is 6.92 Å². The van der Waals surface area contributed by atoms with E-state index in [1.807, 2.05) is 0 Å². The Balaban J connectivity index is -0.0000000450. The van der Waals surface area contributed by atoms with E-state index in [1.54, 1.807) is 0 Å². The molecule has 0 aromatic heterocycles. The topological polar surface area (TPSA) is 71.6 Å². The second kappa shape index (κ2) is 8.87. The van der Waals surface area contributed by atoms with Gasteiger partial charge in [0.1, 0.15) is 0 Å². The van der Waals surface area contributed by atoms with E-state index in [4.69, 9.17) is 9.90 Å². The molecule has 0 heterocycles. The third-order valence-electron chi connectivity index (χ3n) is 0. The molecular weight excluding hydrogens is 136 g/mol. The first kappa shape index (κ1) is 16.8. The van der Waals surface area contributed by atoms with Crippen LogP contribution in [-0.4, -0.2) is 11.4 Å². The van der Waals surface area contributed by atoms with Crippen molar-refractivity contribution in [1.29, 1.82) is 0 Å². The zero-order valence-electron chi connectivity index (χ0n) is 3.12. The molecule has 4 heteroatoms. The Morgan fingerprint density at radius 2 is 1.67 bits per heavy atom. The van der Waals surface area contributed by atoms with Gasteiger partial charge in [-0.15, -0.1) is 0 Å². The maximum absolute atomic E-state index is 8.89. The molecule has 2 N–H and O–H groups in total. The Morgan fingerprint density at radius 3 is 1.67 bits per heavy atom. The first-order valence-corrected chi connectivity index (χ1v) is 0.908. The summed E-state index contributed by atoms with van der Waals surface area (Å²) in [7, 11) is 0. The fourth-order valence-electron chi connectivity index (χ4n) is 0. The molecule has 3 nitrogen and oxygen atoms in total. The van der Waals surface area contributed by atoms with Crippen LogP contribution in [0.25, 0.3) is 0 Å². The van der Waals surface area contributed by atoms with Crippen LogP contribution in [0, 0.1) is 0 Å². The average molecular weight is 141 g/mol. The third kappa shape index (κ3) is 13500. The molecule has 0 aliphatic carbocycles. The van der Waals surface area contributed by atoms with Crippen molar-refractivity contribution in [2.24, 2.45) is 0 Å². The third-order valence-corrected chi connectivity index (χ3v) is 0. The fourth-order valence-corrected chi connectivity index (χ4v) is 0. The summed E-state index contributed by atoms with van der Waals surface area (Å²) in [6.07, 6.45) is 0. The largest absolute Gasteiger partial charge is 1.00 e. The quantitative estimate of drug-likeness (QED) is 0.363. The molecule has 0 amide bonds. The van der Waals surface area contributed by atoms with Crippen LogP contribution in [0.2, 0.25) is 0 Å². The molecule has 0 aromatic rings. The van der Waals surface area contributed by atoms with Gasteiger partial charge in [0.2, 0.25) is 0 Å². The average Bonchev–Trinajstić information content (AvgIpc) is 0.811. The summed E-state index contributed by atoms with van der Waals surface area (Å²) < 4.78 is 0. The predicted octanol–water partition coefficient (Wildman–Crippen LogP) is -2.07. The van der Waals surface area contributed by atoms with Gasteiger partial charge in [0, 0.05) is 5.97 Å². The van der Waals surface area contributed by atoms with E-state index in [1.165, 1.54) is 0 Å². The maximum Gasteiger partial charge on any atom is 1.00 e. The second-order valence-corrected chi connectivity index (χ2v) is 0.492. The molecule has 0 aliphatic rings. The van der Waals surface area contributed by atoms with Gasteiger partial charge in [-0.1, -0.05) is 0 Å². The second-order valence-electron chi connectivity index (χ2n) is 0.492. The van der Waals surface area contributed by atoms with Crippen LogP contribution in [0.3, 0.4) is 0 Å². The van der Waals surface area contributed by atoms with E-state index >= 15 is 0 Å². The van der Waals surface area contributed by atoms with Crippen LogP contribution in [0.4, 0.5) is 0 Å². The van der Waals surface area contributed by atoms with E-state index in [0.717, 1.165) is 6.92 Å². The van der Waals surface area contributed by atoms with Crippen molar-refractivity contribution < 1.29 is 32.4 Å². The number of rotatable bonds is 0. The number of carbonyl (C=O) groups excluding carboxylic acids is 1. The summed E-state index contributed by atoms with van der Waals surface area (Å²) in [5.41, 5.74) is 0. The number of aliphatic carboxylic acids is 1. The minimum absolute atomic E-state index is 0. The molecular formula is C2H5CuO3. The van der Waals surface area contributed by atoms with Crippen molar-refractivity contribution >= 4 is 5.97 Å². The van der Waals surface area contributed by atoms with Crippen molar-refractivity contribution in [3.05, 3.63) is 0 Å². The van der Waals surface area contributed by atoms with Gasteiger partial charge in [-0.25, -0.2) is 0 Å². The Hall–Kier alpha value is -0.0505. The van der Waals surface area contributed by atoms with Crippen LogP contribution < -0.4 is 5.11 Å². The van der Waals surface area contributed by atoms with Gasteiger partial charge < -0.3 is 15.4 Å². The van der Waals surface area contributed by atoms with Crippen molar-refractivity contribution in [3.8, 4) is 0 Å². The van der Waals surface area contributed by atoms with Crippen LogP contribution in [0.1, 0.15) is 6.92 Å². The van der Waals surface area contributed by atoms with Crippen molar-refractivity contribution in [2.75, 3.05) is 0 Å². The Bertz CT molecular complexity index is 31.8. The number of carbonyl (C=O) groups is 1. The molecule has 0 rings (SSSR count). The SMILES string of the molecule is CC(=O)[O-].O.[Cu+]. The molecule has 6 heavy (non-hydrogen) atoms. The molecule has 0 saturated carbocycles. The van der Waals surface area contributed by atoms with Gasteiger partial charge in [-0.2, -0.15) is 0 Å². The molecule has 0 spiro atoms. The minimum atomic E-state index is -1.08. The molecule has 0 aliphatic heterocycles. The number of hydrogen-bond donors (Lipinski definition) is 0. The van der Waals surface area contributed by atoms with Gasteiger partial charge in [-0.3, -0.25) is 0 Å². The van der Waals surface area contributed by atoms with Crippen LogP contribution >= 0.6 is 0 Å². The van der Waals surface area contributed by atoms with E-state index in [0.29, 0.717) is 0 Å². The van der Waals surface area contributed by atoms with Crippen LogP contribution in [-0.2, 0) is 21.9 Å². The Labute approximate surface area is 46.1 Å². The molecule has 0 bridgehead atoms. The molecule has 0 aromatic carbocycles. The summed E-state index contributed by atoms with van der Waals surface area (Å²) in [5.74, 6) is -1.08. The number of carboxylic acid groups (broad SMARTS) is 1. The molecule has 0 unspecified atom stereocenters. The fraction of sp³-hybridized carbons (Fsp3) is 0.500. The maximum atomic E-state index is 8.89. The zero-order chi connectivity index (χ0) is 3.58. The van der Waals surface area contributed by atoms with E-state index < -0.39 is 5.97 Å². The predicted molar refractivity (Wildman–Crippen MR) is 14.3 cm³/mol. The first-order valence-electron chi connectivity index (χ1n) is 0.908. The normalized spacial score (nSPS) is 4.17. The van der Waals surface area contributed by atoms with Gasteiger partial charge >= 0.3 is 17.1 Å². The van der Waals surface area contributed by atoms with Crippen molar-refractivity contribution in [3.63, 3.8) is 0 Å². The van der Waals surface area contributed by atoms with Gasteiger partial charge in [0.25, 0.3) is 0 Å². The molecule has 0 radical (unpaired) electrons. The summed E-state index contributed by atoms with van der Waals surface area (Å²) in [6.45, 7) is 0.972. The molecule has 0 atom stereocenters. The van der Waals surface area contributed by atoms with E-state index in [2.05, 4.69) is 0 Å². The van der Waals surface area contributed by atoms with Gasteiger partial charge in [-0.05, 0) is 6.92 Å². The summed E-state index contributed by atoms with van der Waals surface area (Å²) in [6, 6.07) is 0. The van der Waals surface area contributed by atoms with Gasteiger partial charge in [0.15, 0.2) is 0 Å². The standard InChI is InChI=1S/C2H4O2.Cu.H2O/c1-2(3)4;;/h1H3,(H,3,4);;1H2/q;+1;/p-1. The number of carboxylic acids is 1. The summed E-state index contributed by atoms with van der Waals surface area (Å²) in [5, 5.41) is 8.89. The van der Waals surface area contributed by atoms with Crippen molar-refractivity contribution in [1.82, 2.24) is 0 Å². The molecule has 0 saturated heterocycles.